The first kappa shape index (κ1) is 13.7. The topological polar surface area (TPSA) is 26.7 Å². The van der Waals surface area contributed by atoms with E-state index in [2.05, 4.69) is 23.8 Å². The van der Waals surface area contributed by atoms with E-state index in [1.54, 1.807) is 0 Å². The molecule has 1 aliphatic heterocycles. The number of aliphatic hydroxyl groups is 1. The summed E-state index contributed by atoms with van der Waals surface area (Å²) < 4.78 is 0. The molecule has 1 aromatic carbocycles. The lowest BCUT2D eigenvalue weighted by molar-refractivity contribution is 0.213. The summed E-state index contributed by atoms with van der Waals surface area (Å²) >= 11 is 6.30. The fourth-order valence-electron chi connectivity index (χ4n) is 2.51. The van der Waals surface area contributed by atoms with Crippen LogP contribution in [0.5, 0.6) is 0 Å². The lowest BCUT2D eigenvalue weighted by Gasteiger charge is -2.40. The third-order valence-electron chi connectivity index (χ3n) is 3.78. The maximum atomic E-state index is 9.10. The number of likely N-dealkylation sites (N-methyl/N-ethyl adjacent to an activating group) is 1. The Bertz CT molecular complexity index is 411. The molecule has 1 unspecified atom stereocenters. The van der Waals surface area contributed by atoms with Crippen LogP contribution in [0.15, 0.2) is 18.2 Å². The molecule has 0 amide bonds. The molecular weight excluding hydrogens is 248 g/mol. The fraction of sp³-hybridized carbons (Fsp3) is 0.571. The summed E-state index contributed by atoms with van der Waals surface area (Å²) in [5.41, 5.74) is 1.95. The summed E-state index contributed by atoms with van der Waals surface area (Å²) in [4.78, 5) is 4.75. The predicted molar refractivity (Wildman–Crippen MR) is 76.3 cm³/mol. The van der Waals surface area contributed by atoms with Gasteiger partial charge in [0.15, 0.2) is 0 Å². The molecule has 0 radical (unpaired) electrons. The molecular formula is C14H21ClN2O. The second kappa shape index (κ2) is 5.91. The zero-order valence-electron chi connectivity index (χ0n) is 11.1. The van der Waals surface area contributed by atoms with Crippen LogP contribution in [0, 0.1) is 0 Å². The van der Waals surface area contributed by atoms with Crippen LogP contribution >= 0.6 is 11.6 Å². The van der Waals surface area contributed by atoms with Crippen molar-refractivity contribution >= 4 is 17.3 Å². The number of benzene rings is 1. The Morgan fingerprint density at radius 3 is 2.78 bits per heavy atom. The van der Waals surface area contributed by atoms with Gasteiger partial charge in [0.1, 0.15) is 0 Å². The van der Waals surface area contributed by atoms with Gasteiger partial charge in [0.05, 0.1) is 17.3 Å². The van der Waals surface area contributed by atoms with Crippen molar-refractivity contribution in [2.24, 2.45) is 0 Å². The van der Waals surface area contributed by atoms with E-state index in [0.717, 1.165) is 42.3 Å². The largest absolute Gasteiger partial charge is 0.392 e. The number of anilines is 1. The van der Waals surface area contributed by atoms with Crippen LogP contribution in [0.4, 0.5) is 5.69 Å². The van der Waals surface area contributed by atoms with Crippen LogP contribution in [0.2, 0.25) is 5.02 Å². The summed E-state index contributed by atoms with van der Waals surface area (Å²) in [6, 6.07) is 6.41. The average molecular weight is 269 g/mol. The van der Waals surface area contributed by atoms with Gasteiger partial charge in [0, 0.05) is 25.7 Å². The van der Waals surface area contributed by atoms with Crippen molar-refractivity contribution in [3.05, 3.63) is 28.8 Å². The van der Waals surface area contributed by atoms with Gasteiger partial charge in [-0.1, -0.05) is 24.6 Å². The van der Waals surface area contributed by atoms with Crippen molar-refractivity contribution in [3.8, 4) is 0 Å². The minimum atomic E-state index is 0.0420. The summed E-state index contributed by atoms with van der Waals surface area (Å²) in [5, 5.41) is 9.84. The number of hydrogen-bond donors (Lipinski definition) is 1. The summed E-state index contributed by atoms with van der Waals surface area (Å²) in [7, 11) is 2.18. The molecule has 0 saturated carbocycles. The molecule has 0 aliphatic carbocycles. The van der Waals surface area contributed by atoms with Crippen LogP contribution in [-0.4, -0.2) is 42.7 Å². The Hall–Kier alpha value is -0.770. The molecule has 1 atom stereocenters. The van der Waals surface area contributed by atoms with Crippen molar-refractivity contribution in [2.75, 3.05) is 31.6 Å². The van der Waals surface area contributed by atoms with Gasteiger partial charge in [-0.2, -0.15) is 0 Å². The highest BCUT2D eigenvalue weighted by molar-refractivity contribution is 6.33. The van der Waals surface area contributed by atoms with Crippen LogP contribution in [-0.2, 0) is 6.61 Å². The molecule has 0 bridgehead atoms. The molecule has 100 valence electrons. The van der Waals surface area contributed by atoms with Gasteiger partial charge < -0.3 is 10.0 Å². The molecule has 1 aromatic rings. The second-order valence-corrected chi connectivity index (χ2v) is 5.34. The highest BCUT2D eigenvalue weighted by Crippen LogP contribution is 2.29. The standard InChI is InChI=1S/C14H21ClN2O/c1-3-12-9-17(7-6-16(12)2)14-5-4-11(10-18)8-13(14)15/h4-5,8,12,18H,3,6-7,9-10H2,1-2H3. The quantitative estimate of drug-likeness (QED) is 0.912. The summed E-state index contributed by atoms with van der Waals surface area (Å²) in [6.07, 6.45) is 1.15. The lowest BCUT2D eigenvalue weighted by atomic mass is 10.1. The maximum Gasteiger partial charge on any atom is 0.0682 e. The Morgan fingerprint density at radius 1 is 1.39 bits per heavy atom. The van der Waals surface area contributed by atoms with Crippen molar-refractivity contribution in [2.45, 2.75) is 26.0 Å². The molecule has 4 heteroatoms. The first-order valence-corrected chi connectivity index (χ1v) is 6.88. The first-order chi connectivity index (χ1) is 8.65. The number of piperazine rings is 1. The van der Waals surface area contributed by atoms with Gasteiger partial charge >= 0.3 is 0 Å². The van der Waals surface area contributed by atoms with Gasteiger partial charge in [0.25, 0.3) is 0 Å². The molecule has 0 spiro atoms. The SMILES string of the molecule is CCC1CN(c2ccc(CO)cc2Cl)CCN1C. The first-order valence-electron chi connectivity index (χ1n) is 6.50. The summed E-state index contributed by atoms with van der Waals surface area (Å²) in [6.45, 7) is 5.36. The van der Waals surface area contributed by atoms with Gasteiger partial charge in [-0.25, -0.2) is 0 Å². The van der Waals surface area contributed by atoms with E-state index in [1.165, 1.54) is 0 Å². The zero-order valence-corrected chi connectivity index (χ0v) is 11.8. The molecule has 2 rings (SSSR count). The number of rotatable bonds is 3. The fourth-order valence-corrected chi connectivity index (χ4v) is 2.83. The third kappa shape index (κ3) is 2.79. The Labute approximate surface area is 114 Å². The van der Waals surface area contributed by atoms with Gasteiger partial charge in [-0.3, -0.25) is 4.90 Å². The molecule has 18 heavy (non-hydrogen) atoms. The molecule has 1 saturated heterocycles. The maximum absolute atomic E-state index is 9.10. The highest BCUT2D eigenvalue weighted by atomic mass is 35.5. The Kier molecular flexibility index (Phi) is 4.49. The van der Waals surface area contributed by atoms with Crippen LogP contribution in [0.25, 0.3) is 0 Å². The number of halogens is 1. The van der Waals surface area contributed by atoms with E-state index < -0.39 is 0 Å². The third-order valence-corrected chi connectivity index (χ3v) is 4.09. The second-order valence-electron chi connectivity index (χ2n) is 4.93. The lowest BCUT2D eigenvalue weighted by Crippen LogP contribution is -2.51. The minimum Gasteiger partial charge on any atom is -0.392 e. The zero-order chi connectivity index (χ0) is 13.1. The minimum absolute atomic E-state index is 0.0420. The smallest absolute Gasteiger partial charge is 0.0682 e. The van der Waals surface area contributed by atoms with Crippen LogP contribution in [0.3, 0.4) is 0 Å². The Balaban J connectivity index is 2.16. The van der Waals surface area contributed by atoms with E-state index in [9.17, 15) is 0 Å². The summed E-state index contributed by atoms with van der Waals surface area (Å²) in [5.74, 6) is 0. The average Bonchev–Trinajstić information content (AvgIpc) is 2.39. The number of aliphatic hydroxyl groups excluding tert-OH is 1. The molecule has 1 aliphatic rings. The number of nitrogens with zero attached hydrogens (tertiary/aromatic N) is 2. The van der Waals surface area contributed by atoms with Gasteiger partial charge in [-0.05, 0) is 31.2 Å². The van der Waals surface area contributed by atoms with E-state index in [1.807, 2.05) is 18.2 Å². The molecule has 0 aromatic heterocycles. The van der Waals surface area contributed by atoms with E-state index in [0.29, 0.717) is 6.04 Å². The van der Waals surface area contributed by atoms with Crippen molar-refractivity contribution in [1.29, 1.82) is 0 Å². The highest BCUT2D eigenvalue weighted by Gasteiger charge is 2.24. The molecule has 1 fully saturated rings. The van der Waals surface area contributed by atoms with E-state index in [-0.39, 0.29) is 6.61 Å². The molecule has 3 nitrogen and oxygen atoms in total. The van der Waals surface area contributed by atoms with E-state index in [4.69, 9.17) is 16.7 Å². The molecule has 1 heterocycles. The predicted octanol–water partition coefficient (Wildman–Crippen LogP) is 2.36. The number of hydrogen-bond acceptors (Lipinski definition) is 3. The van der Waals surface area contributed by atoms with Gasteiger partial charge in [-0.15, -0.1) is 0 Å². The van der Waals surface area contributed by atoms with Crippen molar-refractivity contribution < 1.29 is 5.11 Å². The van der Waals surface area contributed by atoms with Crippen molar-refractivity contribution in [3.63, 3.8) is 0 Å². The van der Waals surface area contributed by atoms with Crippen molar-refractivity contribution in [1.82, 2.24) is 4.90 Å². The van der Waals surface area contributed by atoms with E-state index >= 15 is 0 Å². The normalized spacial score (nSPS) is 21.3. The van der Waals surface area contributed by atoms with Crippen LogP contribution < -0.4 is 4.90 Å². The van der Waals surface area contributed by atoms with Gasteiger partial charge in [0.2, 0.25) is 0 Å². The monoisotopic (exact) mass is 268 g/mol. The Morgan fingerprint density at radius 2 is 2.17 bits per heavy atom. The van der Waals surface area contributed by atoms with Crippen LogP contribution in [0.1, 0.15) is 18.9 Å². The molecule has 1 N–H and O–H groups in total.